The summed E-state index contributed by atoms with van der Waals surface area (Å²) in [6.07, 6.45) is 6.39. The summed E-state index contributed by atoms with van der Waals surface area (Å²) in [6, 6.07) is 5.05. The van der Waals surface area contributed by atoms with Crippen molar-refractivity contribution in [1.82, 2.24) is 4.98 Å². The van der Waals surface area contributed by atoms with Crippen molar-refractivity contribution in [3.05, 3.63) is 23.9 Å². The first-order valence-corrected chi connectivity index (χ1v) is 6.53. The minimum atomic E-state index is -0.984. The molecule has 0 aromatic carbocycles. The molecule has 2 rings (SSSR count). The number of carbonyl (C=O) groups is 1. The number of anilines is 1. The van der Waals surface area contributed by atoms with Gasteiger partial charge in [0.2, 0.25) is 0 Å². The van der Waals surface area contributed by atoms with Crippen LogP contribution in [0.2, 0.25) is 0 Å². The van der Waals surface area contributed by atoms with Gasteiger partial charge < -0.3 is 10.4 Å². The van der Waals surface area contributed by atoms with Gasteiger partial charge in [-0.05, 0) is 30.4 Å². The van der Waals surface area contributed by atoms with Gasteiger partial charge in [-0.3, -0.25) is 0 Å². The van der Waals surface area contributed by atoms with E-state index in [0.29, 0.717) is 11.2 Å². The van der Waals surface area contributed by atoms with E-state index in [1.807, 2.05) is 6.07 Å². The van der Waals surface area contributed by atoms with Gasteiger partial charge >= 0.3 is 5.97 Å². The first kappa shape index (κ1) is 12.9. The highest BCUT2D eigenvalue weighted by atomic mass is 16.4. The van der Waals surface area contributed by atoms with E-state index in [1.54, 1.807) is 6.07 Å². The van der Waals surface area contributed by atoms with Crippen molar-refractivity contribution in [3.63, 3.8) is 0 Å². The average Bonchev–Trinajstić information content (AvgIpc) is 2.38. The second-order valence-corrected chi connectivity index (χ2v) is 5.44. The fraction of sp³-hybridized carbons (Fsp3) is 0.571. The second-order valence-electron chi connectivity index (χ2n) is 5.44. The molecule has 1 aliphatic rings. The van der Waals surface area contributed by atoms with Gasteiger partial charge in [-0.15, -0.1) is 0 Å². The largest absolute Gasteiger partial charge is 0.477 e. The number of hydrogen-bond donors (Lipinski definition) is 2. The van der Waals surface area contributed by atoms with Crippen LogP contribution in [0.1, 0.15) is 49.5 Å². The normalized spacial score (nSPS) is 18.3. The molecular weight excluding hydrogens is 228 g/mol. The fourth-order valence-electron chi connectivity index (χ4n) is 2.54. The zero-order valence-electron chi connectivity index (χ0n) is 10.8. The van der Waals surface area contributed by atoms with Crippen LogP contribution in [-0.2, 0) is 0 Å². The molecule has 0 saturated heterocycles. The number of aromatic carboxylic acids is 1. The first-order chi connectivity index (χ1) is 8.59. The molecule has 1 saturated carbocycles. The van der Waals surface area contributed by atoms with Crippen LogP contribution < -0.4 is 5.32 Å². The molecule has 4 heteroatoms. The Balaban J connectivity index is 1.97. The maximum atomic E-state index is 10.8. The molecule has 98 valence electrons. The highest BCUT2D eigenvalue weighted by Gasteiger charge is 2.26. The molecule has 2 N–H and O–H groups in total. The number of rotatable bonds is 4. The van der Waals surface area contributed by atoms with Crippen LogP contribution in [0.4, 0.5) is 5.82 Å². The van der Waals surface area contributed by atoms with Gasteiger partial charge in [0, 0.05) is 6.54 Å². The standard InChI is InChI=1S/C14H20N2O2/c1-14(8-3-2-4-9-14)10-15-12-7-5-6-11(16-12)13(17)18/h5-7H,2-4,8-10H2,1H3,(H,15,16)(H,17,18). The molecule has 1 aromatic rings. The van der Waals surface area contributed by atoms with E-state index >= 15 is 0 Å². The Morgan fingerprint density at radius 2 is 2.11 bits per heavy atom. The van der Waals surface area contributed by atoms with Crippen molar-refractivity contribution < 1.29 is 9.90 Å². The zero-order valence-corrected chi connectivity index (χ0v) is 10.8. The van der Waals surface area contributed by atoms with E-state index in [-0.39, 0.29) is 5.69 Å². The van der Waals surface area contributed by atoms with Gasteiger partial charge in [0.1, 0.15) is 5.82 Å². The van der Waals surface area contributed by atoms with Crippen molar-refractivity contribution in [2.75, 3.05) is 11.9 Å². The van der Waals surface area contributed by atoms with E-state index in [2.05, 4.69) is 17.2 Å². The monoisotopic (exact) mass is 248 g/mol. The molecule has 0 amide bonds. The molecule has 4 nitrogen and oxygen atoms in total. The molecule has 0 bridgehead atoms. The lowest BCUT2D eigenvalue weighted by atomic mass is 9.76. The van der Waals surface area contributed by atoms with Crippen molar-refractivity contribution >= 4 is 11.8 Å². The van der Waals surface area contributed by atoms with Crippen LogP contribution in [0, 0.1) is 5.41 Å². The molecule has 0 unspecified atom stereocenters. The Kier molecular flexibility index (Phi) is 3.84. The molecule has 0 radical (unpaired) electrons. The fourth-order valence-corrected chi connectivity index (χ4v) is 2.54. The van der Waals surface area contributed by atoms with E-state index in [1.165, 1.54) is 38.2 Å². The average molecular weight is 248 g/mol. The Bertz CT molecular complexity index is 426. The number of nitrogens with one attached hydrogen (secondary N) is 1. The third-order valence-corrected chi connectivity index (χ3v) is 3.73. The zero-order chi connectivity index (χ0) is 13.0. The molecule has 18 heavy (non-hydrogen) atoms. The molecule has 0 spiro atoms. The summed E-state index contributed by atoms with van der Waals surface area (Å²) >= 11 is 0. The summed E-state index contributed by atoms with van der Waals surface area (Å²) in [5.74, 6) is -0.329. The van der Waals surface area contributed by atoms with Crippen LogP contribution in [0.3, 0.4) is 0 Å². The maximum Gasteiger partial charge on any atom is 0.354 e. The SMILES string of the molecule is CC1(CNc2cccc(C(=O)O)n2)CCCCC1. The van der Waals surface area contributed by atoms with Gasteiger partial charge in [0.25, 0.3) is 0 Å². The third kappa shape index (κ3) is 3.22. The Morgan fingerprint density at radius 1 is 1.39 bits per heavy atom. The molecular formula is C14H20N2O2. The Hall–Kier alpha value is -1.58. The van der Waals surface area contributed by atoms with Crippen LogP contribution in [0.5, 0.6) is 0 Å². The molecule has 0 aliphatic heterocycles. The minimum absolute atomic E-state index is 0.0915. The van der Waals surface area contributed by atoms with Crippen LogP contribution in [0.25, 0.3) is 0 Å². The number of aromatic nitrogens is 1. The molecule has 1 heterocycles. The van der Waals surface area contributed by atoms with Gasteiger partial charge in [0.15, 0.2) is 5.69 Å². The maximum absolute atomic E-state index is 10.8. The number of nitrogens with zero attached hydrogens (tertiary/aromatic N) is 1. The number of hydrogen-bond acceptors (Lipinski definition) is 3. The summed E-state index contributed by atoms with van der Waals surface area (Å²) in [5.41, 5.74) is 0.410. The smallest absolute Gasteiger partial charge is 0.354 e. The summed E-state index contributed by atoms with van der Waals surface area (Å²) in [7, 11) is 0. The summed E-state index contributed by atoms with van der Waals surface area (Å²) < 4.78 is 0. The predicted molar refractivity (Wildman–Crippen MR) is 70.9 cm³/mol. The van der Waals surface area contributed by atoms with E-state index < -0.39 is 5.97 Å². The Labute approximate surface area is 107 Å². The van der Waals surface area contributed by atoms with Crippen LogP contribution in [-0.4, -0.2) is 22.6 Å². The van der Waals surface area contributed by atoms with E-state index in [9.17, 15) is 4.79 Å². The van der Waals surface area contributed by atoms with Crippen LogP contribution in [0.15, 0.2) is 18.2 Å². The topological polar surface area (TPSA) is 62.2 Å². The second kappa shape index (κ2) is 5.38. The lowest BCUT2D eigenvalue weighted by Gasteiger charge is -2.33. The van der Waals surface area contributed by atoms with Crippen molar-refractivity contribution in [1.29, 1.82) is 0 Å². The highest BCUT2D eigenvalue weighted by molar-refractivity contribution is 5.85. The summed E-state index contributed by atoms with van der Waals surface area (Å²) in [4.78, 5) is 14.9. The number of pyridine rings is 1. The number of carboxylic acid groups (broad SMARTS) is 1. The van der Waals surface area contributed by atoms with Crippen molar-refractivity contribution in [2.45, 2.75) is 39.0 Å². The van der Waals surface area contributed by atoms with Gasteiger partial charge in [-0.25, -0.2) is 9.78 Å². The summed E-state index contributed by atoms with van der Waals surface area (Å²) in [5, 5.41) is 12.2. The highest BCUT2D eigenvalue weighted by Crippen LogP contribution is 2.35. The summed E-state index contributed by atoms with van der Waals surface area (Å²) in [6.45, 7) is 3.16. The minimum Gasteiger partial charge on any atom is -0.477 e. The van der Waals surface area contributed by atoms with Gasteiger partial charge in [0.05, 0.1) is 0 Å². The van der Waals surface area contributed by atoms with E-state index in [0.717, 1.165) is 6.54 Å². The van der Waals surface area contributed by atoms with Crippen LogP contribution >= 0.6 is 0 Å². The predicted octanol–water partition coefficient (Wildman–Crippen LogP) is 3.16. The lowest BCUT2D eigenvalue weighted by molar-refractivity contribution is 0.0690. The quantitative estimate of drug-likeness (QED) is 0.859. The molecule has 1 aliphatic carbocycles. The lowest BCUT2D eigenvalue weighted by Crippen LogP contribution is -2.29. The van der Waals surface area contributed by atoms with Gasteiger partial charge in [-0.2, -0.15) is 0 Å². The Morgan fingerprint density at radius 3 is 2.78 bits per heavy atom. The molecule has 1 fully saturated rings. The number of carboxylic acids is 1. The van der Waals surface area contributed by atoms with Gasteiger partial charge in [-0.1, -0.05) is 32.3 Å². The third-order valence-electron chi connectivity index (χ3n) is 3.73. The van der Waals surface area contributed by atoms with Crippen molar-refractivity contribution in [2.24, 2.45) is 5.41 Å². The van der Waals surface area contributed by atoms with E-state index in [4.69, 9.17) is 5.11 Å². The molecule has 0 atom stereocenters. The van der Waals surface area contributed by atoms with Crippen molar-refractivity contribution in [3.8, 4) is 0 Å². The molecule has 1 aromatic heterocycles. The first-order valence-electron chi connectivity index (χ1n) is 6.53.